The molecule has 1 N–H and O–H groups in total. The van der Waals surface area contributed by atoms with E-state index in [0.29, 0.717) is 6.61 Å². The summed E-state index contributed by atoms with van der Waals surface area (Å²) in [6.45, 7) is 6.14. The number of methoxy groups -OCH3 is 1. The summed E-state index contributed by atoms with van der Waals surface area (Å²) in [5.41, 5.74) is 2.34. The predicted molar refractivity (Wildman–Crippen MR) is 67.7 cm³/mol. The molecule has 1 aromatic heterocycles. The average molecular weight is 235 g/mol. The van der Waals surface area contributed by atoms with Crippen LogP contribution >= 0.6 is 0 Å². The van der Waals surface area contributed by atoms with E-state index in [1.54, 1.807) is 7.11 Å². The Balaban J connectivity index is 1.94. The highest BCUT2D eigenvalue weighted by atomic mass is 16.5. The third kappa shape index (κ3) is 4.07. The van der Waals surface area contributed by atoms with Gasteiger partial charge in [0.15, 0.2) is 0 Å². The molecule has 1 aliphatic heterocycles. The summed E-state index contributed by atoms with van der Waals surface area (Å²) in [5.74, 6) is 0. The summed E-state index contributed by atoms with van der Waals surface area (Å²) >= 11 is 0. The van der Waals surface area contributed by atoms with E-state index in [1.165, 1.54) is 18.5 Å². The Labute approximate surface area is 103 Å². The van der Waals surface area contributed by atoms with Crippen molar-refractivity contribution < 1.29 is 4.74 Å². The quantitative estimate of drug-likeness (QED) is 0.845. The smallest absolute Gasteiger partial charge is 0.0884 e. The van der Waals surface area contributed by atoms with Gasteiger partial charge in [-0.05, 0) is 37.2 Å². The first kappa shape index (κ1) is 12.5. The van der Waals surface area contributed by atoms with Crippen molar-refractivity contribution >= 4 is 0 Å². The molecule has 4 nitrogen and oxygen atoms in total. The van der Waals surface area contributed by atoms with Crippen LogP contribution in [0.4, 0.5) is 0 Å². The molecular formula is C13H21N3O. The van der Waals surface area contributed by atoms with Gasteiger partial charge in [0.1, 0.15) is 0 Å². The van der Waals surface area contributed by atoms with Gasteiger partial charge in [0.2, 0.25) is 0 Å². The molecule has 17 heavy (non-hydrogen) atoms. The van der Waals surface area contributed by atoms with Gasteiger partial charge < -0.3 is 10.1 Å². The maximum absolute atomic E-state index is 5.11. The molecule has 1 aromatic rings. The van der Waals surface area contributed by atoms with E-state index in [1.807, 2.05) is 6.20 Å². The molecule has 94 valence electrons. The van der Waals surface area contributed by atoms with E-state index in [0.717, 1.165) is 31.9 Å². The number of aromatic nitrogens is 1. The van der Waals surface area contributed by atoms with Gasteiger partial charge in [-0.2, -0.15) is 0 Å². The predicted octanol–water partition coefficient (Wildman–Crippen LogP) is 1.02. The molecule has 1 fully saturated rings. The number of nitrogens with one attached hydrogen (secondary N) is 1. The van der Waals surface area contributed by atoms with Crippen LogP contribution in [0.25, 0.3) is 0 Å². The number of ether oxygens (including phenoxy) is 1. The second kappa shape index (κ2) is 6.69. The molecule has 0 saturated carbocycles. The average Bonchev–Trinajstić information content (AvgIpc) is 2.59. The lowest BCUT2D eigenvalue weighted by Crippen LogP contribution is -2.27. The van der Waals surface area contributed by atoms with Crippen molar-refractivity contribution in [3.8, 4) is 0 Å². The van der Waals surface area contributed by atoms with Gasteiger partial charge in [0.05, 0.1) is 12.3 Å². The highest BCUT2D eigenvalue weighted by Crippen LogP contribution is 2.08. The molecule has 0 aromatic carbocycles. The zero-order valence-electron chi connectivity index (χ0n) is 10.5. The molecule has 0 bridgehead atoms. The zero-order chi connectivity index (χ0) is 11.9. The van der Waals surface area contributed by atoms with Gasteiger partial charge in [-0.25, -0.2) is 0 Å². The molecule has 1 aliphatic rings. The number of hydrogen-bond acceptors (Lipinski definition) is 4. The van der Waals surface area contributed by atoms with Gasteiger partial charge in [-0.15, -0.1) is 0 Å². The maximum Gasteiger partial charge on any atom is 0.0884 e. The minimum atomic E-state index is 0.593. The summed E-state index contributed by atoms with van der Waals surface area (Å²) in [6, 6.07) is 4.24. The first-order valence-corrected chi connectivity index (χ1v) is 6.24. The van der Waals surface area contributed by atoms with E-state index in [4.69, 9.17) is 4.74 Å². The van der Waals surface area contributed by atoms with Crippen molar-refractivity contribution in [3.05, 3.63) is 29.6 Å². The minimum absolute atomic E-state index is 0.593. The molecule has 2 heterocycles. The Morgan fingerprint density at radius 2 is 2.35 bits per heavy atom. The minimum Gasteiger partial charge on any atom is -0.378 e. The lowest BCUT2D eigenvalue weighted by molar-refractivity contribution is 0.181. The van der Waals surface area contributed by atoms with Crippen LogP contribution in [-0.2, 0) is 17.9 Å². The van der Waals surface area contributed by atoms with Crippen molar-refractivity contribution in [2.75, 3.05) is 33.3 Å². The molecule has 0 radical (unpaired) electrons. The third-order valence-corrected chi connectivity index (χ3v) is 3.01. The molecule has 0 spiro atoms. The van der Waals surface area contributed by atoms with Gasteiger partial charge in [-0.1, -0.05) is 0 Å². The van der Waals surface area contributed by atoms with Crippen molar-refractivity contribution in [2.45, 2.75) is 19.6 Å². The molecule has 0 unspecified atom stereocenters. The third-order valence-electron chi connectivity index (χ3n) is 3.01. The Kier molecular flexibility index (Phi) is 4.91. The van der Waals surface area contributed by atoms with Crippen molar-refractivity contribution in [1.29, 1.82) is 0 Å². The molecule has 2 rings (SSSR count). The highest BCUT2D eigenvalue weighted by molar-refractivity contribution is 5.15. The van der Waals surface area contributed by atoms with E-state index in [-0.39, 0.29) is 0 Å². The van der Waals surface area contributed by atoms with Crippen LogP contribution in [0.2, 0.25) is 0 Å². The van der Waals surface area contributed by atoms with Crippen LogP contribution < -0.4 is 5.32 Å². The van der Waals surface area contributed by atoms with Crippen molar-refractivity contribution in [1.82, 2.24) is 15.2 Å². The van der Waals surface area contributed by atoms with Gasteiger partial charge in [0.25, 0.3) is 0 Å². The fraction of sp³-hybridized carbons (Fsp3) is 0.615. The number of hydrogen-bond donors (Lipinski definition) is 1. The van der Waals surface area contributed by atoms with Gasteiger partial charge in [0, 0.05) is 32.9 Å². The molecule has 0 aliphatic carbocycles. The van der Waals surface area contributed by atoms with E-state index in [2.05, 4.69) is 27.3 Å². The van der Waals surface area contributed by atoms with Crippen LogP contribution in [0.3, 0.4) is 0 Å². The standard InChI is InChI=1S/C13H21N3O/c1-17-11-13-9-12(3-5-15-13)10-16-7-2-4-14-6-8-16/h3,5,9,14H,2,4,6-8,10-11H2,1H3. The normalized spacial score (nSPS) is 17.9. The Bertz CT molecular complexity index is 335. The van der Waals surface area contributed by atoms with E-state index in [9.17, 15) is 0 Å². The number of nitrogens with zero attached hydrogens (tertiary/aromatic N) is 2. The molecule has 0 atom stereocenters. The SMILES string of the molecule is COCc1cc(CN2CCCNCC2)ccn1. The number of rotatable bonds is 4. The zero-order valence-corrected chi connectivity index (χ0v) is 10.5. The van der Waals surface area contributed by atoms with Crippen LogP contribution in [-0.4, -0.2) is 43.2 Å². The summed E-state index contributed by atoms with van der Waals surface area (Å²) in [5, 5.41) is 3.42. The first-order chi connectivity index (χ1) is 8.38. The lowest BCUT2D eigenvalue weighted by atomic mass is 10.2. The fourth-order valence-corrected chi connectivity index (χ4v) is 2.17. The fourth-order valence-electron chi connectivity index (χ4n) is 2.17. The van der Waals surface area contributed by atoms with E-state index >= 15 is 0 Å². The van der Waals surface area contributed by atoms with Crippen LogP contribution in [0.1, 0.15) is 17.7 Å². The van der Waals surface area contributed by atoms with Crippen molar-refractivity contribution in [3.63, 3.8) is 0 Å². The van der Waals surface area contributed by atoms with Gasteiger partial charge >= 0.3 is 0 Å². The molecule has 0 amide bonds. The molecule has 4 heteroatoms. The van der Waals surface area contributed by atoms with E-state index < -0.39 is 0 Å². The van der Waals surface area contributed by atoms with Crippen molar-refractivity contribution in [2.24, 2.45) is 0 Å². The van der Waals surface area contributed by atoms with Crippen LogP contribution in [0.15, 0.2) is 18.3 Å². The highest BCUT2D eigenvalue weighted by Gasteiger charge is 2.09. The second-order valence-corrected chi connectivity index (χ2v) is 4.47. The molecule has 1 saturated heterocycles. The van der Waals surface area contributed by atoms with Crippen LogP contribution in [0, 0.1) is 0 Å². The Hall–Kier alpha value is -0.970. The van der Waals surface area contributed by atoms with Crippen LogP contribution in [0.5, 0.6) is 0 Å². The summed E-state index contributed by atoms with van der Waals surface area (Å²) < 4.78 is 5.11. The Morgan fingerprint density at radius 1 is 1.41 bits per heavy atom. The summed E-state index contributed by atoms with van der Waals surface area (Å²) in [7, 11) is 1.70. The molecular weight excluding hydrogens is 214 g/mol. The summed E-state index contributed by atoms with van der Waals surface area (Å²) in [4.78, 5) is 6.78. The second-order valence-electron chi connectivity index (χ2n) is 4.47. The summed E-state index contributed by atoms with van der Waals surface area (Å²) in [6.07, 6.45) is 3.11. The Morgan fingerprint density at radius 3 is 3.24 bits per heavy atom. The number of pyridine rings is 1. The monoisotopic (exact) mass is 235 g/mol. The topological polar surface area (TPSA) is 37.4 Å². The van der Waals surface area contributed by atoms with Gasteiger partial charge in [-0.3, -0.25) is 9.88 Å². The lowest BCUT2D eigenvalue weighted by Gasteiger charge is -2.19. The first-order valence-electron chi connectivity index (χ1n) is 6.24. The maximum atomic E-state index is 5.11. The largest absolute Gasteiger partial charge is 0.378 e.